The molecule has 0 saturated heterocycles. The number of methoxy groups -OCH3 is 1. The van der Waals surface area contributed by atoms with Gasteiger partial charge in [0.1, 0.15) is 0 Å². The van der Waals surface area contributed by atoms with Crippen molar-refractivity contribution in [3.05, 3.63) is 57.9 Å². The van der Waals surface area contributed by atoms with Gasteiger partial charge in [0, 0.05) is 16.7 Å². The number of hydrogen-bond acceptors (Lipinski definition) is 5. The van der Waals surface area contributed by atoms with Crippen LogP contribution in [0.5, 0.6) is 0 Å². The lowest BCUT2D eigenvalue weighted by Gasteiger charge is -2.20. The van der Waals surface area contributed by atoms with Crippen molar-refractivity contribution in [1.82, 2.24) is 0 Å². The first-order valence-electron chi connectivity index (χ1n) is 14.5. The Labute approximate surface area is 230 Å². The number of ether oxygens (including phenoxy) is 2. The fraction of sp³-hybridized carbons (Fsp3) is 0.606. The van der Waals surface area contributed by atoms with Gasteiger partial charge in [-0.1, -0.05) is 83.6 Å². The van der Waals surface area contributed by atoms with Crippen LogP contribution in [0.3, 0.4) is 0 Å². The Kier molecular flexibility index (Phi) is 13.5. The molecule has 0 spiro atoms. The van der Waals surface area contributed by atoms with E-state index in [2.05, 4.69) is 26.0 Å². The molecule has 5 heteroatoms. The summed E-state index contributed by atoms with van der Waals surface area (Å²) in [6.07, 6.45) is 10.6. The summed E-state index contributed by atoms with van der Waals surface area (Å²) in [7, 11) is 1.46. The molecule has 0 radical (unpaired) electrons. The van der Waals surface area contributed by atoms with Gasteiger partial charge in [0.2, 0.25) is 5.78 Å². The Balaban J connectivity index is 1.55. The van der Waals surface area contributed by atoms with Gasteiger partial charge in [0.05, 0.1) is 19.6 Å². The van der Waals surface area contributed by atoms with Crippen LogP contribution in [-0.2, 0) is 30.3 Å². The van der Waals surface area contributed by atoms with E-state index >= 15 is 0 Å². The molecular formula is C33H48O5. The quantitative estimate of drug-likeness (QED) is 0.118. The lowest BCUT2D eigenvalue weighted by molar-refractivity contribution is -0.145. The van der Waals surface area contributed by atoms with Crippen LogP contribution in [0.4, 0.5) is 0 Å². The molecule has 0 bridgehead atoms. The van der Waals surface area contributed by atoms with Gasteiger partial charge in [-0.15, -0.1) is 0 Å². The van der Waals surface area contributed by atoms with Gasteiger partial charge < -0.3 is 9.47 Å². The first kappa shape index (κ1) is 31.5. The Hall–Kier alpha value is -2.69. The highest BCUT2D eigenvalue weighted by atomic mass is 16.5. The average Bonchev–Trinajstić information content (AvgIpc) is 2.90. The summed E-state index contributed by atoms with van der Waals surface area (Å²) in [5.41, 5.74) is 4.01. The van der Waals surface area contributed by atoms with Crippen LogP contribution in [0.15, 0.2) is 46.7 Å². The van der Waals surface area contributed by atoms with E-state index in [1.807, 2.05) is 26.0 Å². The van der Waals surface area contributed by atoms with Crippen LogP contribution in [0.2, 0.25) is 0 Å². The summed E-state index contributed by atoms with van der Waals surface area (Å²) in [5.74, 6) is 0.299. The van der Waals surface area contributed by atoms with Crippen LogP contribution in [0.25, 0.3) is 0 Å². The SMILES string of the molecule is CCC1=C(OC)C(=O)C(CCCCCCCCCCOC(=O)[C@@H](C)c2ccc(CC(C)C)cc2)=C(C)C1=O. The maximum atomic E-state index is 12.7. The van der Waals surface area contributed by atoms with Crippen LogP contribution in [-0.4, -0.2) is 31.3 Å². The average molecular weight is 525 g/mol. The van der Waals surface area contributed by atoms with E-state index in [0.717, 1.165) is 63.4 Å². The third-order valence-electron chi connectivity index (χ3n) is 7.42. The molecule has 5 nitrogen and oxygen atoms in total. The number of Topliss-reactive ketones (excluding diaryl/α,β-unsaturated/α-hetero) is 2. The number of carbonyl (C=O) groups excluding carboxylic acids is 3. The number of unbranched alkanes of at least 4 members (excludes halogenated alkanes) is 7. The molecule has 0 saturated carbocycles. The third kappa shape index (κ3) is 9.25. The van der Waals surface area contributed by atoms with Crippen molar-refractivity contribution in [3.63, 3.8) is 0 Å². The van der Waals surface area contributed by atoms with Gasteiger partial charge in [0.15, 0.2) is 11.5 Å². The molecular weight excluding hydrogens is 476 g/mol. The van der Waals surface area contributed by atoms with Crippen molar-refractivity contribution in [2.45, 2.75) is 111 Å². The lowest BCUT2D eigenvalue weighted by atomic mass is 9.85. The molecule has 0 fully saturated rings. The Bertz CT molecular complexity index is 997. The molecule has 210 valence electrons. The minimum Gasteiger partial charge on any atom is -0.492 e. The van der Waals surface area contributed by atoms with E-state index < -0.39 is 0 Å². The van der Waals surface area contributed by atoms with Gasteiger partial charge in [0.25, 0.3) is 0 Å². The highest BCUT2D eigenvalue weighted by Gasteiger charge is 2.31. The van der Waals surface area contributed by atoms with E-state index in [0.29, 0.717) is 42.1 Å². The Morgan fingerprint density at radius 3 is 1.95 bits per heavy atom. The van der Waals surface area contributed by atoms with Crippen LogP contribution < -0.4 is 0 Å². The summed E-state index contributed by atoms with van der Waals surface area (Å²) in [5, 5.41) is 0. The van der Waals surface area contributed by atoms with Gasteiger partial charge >= 0.3 is 5.97 Å². The Morgan fingerprint density at radius 2 is 1.39 bits per heavy atom. The summed E-state index contributed by atoms with van der Waals surface area (Å²) >= 11 is 0. The minimum atomic E-state index is -0.240. The highest BCUT2D eigenvalue weighted by molar-refractivity contribution is 6.24. The molecule has 0 N–H and O–H groups in total. The molecule has 38 heavy (non-hydrogen) atoms. The van der Waals surface area contributed by atoms with Gasteiger partial charge in [-0.2, -0.15) is 0 Å². The van der Waals surface area contributed by atoms with Crippen LogP contribution >= 0.6 is 0 Å². The standard InChI is InChI=1S/C33H48O5/c1-7-28-30(34)25(5)29(31(35)32(28)37-6)16-14-12-10-8-9-11-13-15-21-38-33(36)24(4)27-19-17-26(18-20-27)22-23(2)3/h17-20,23-24H,7-16,21-22H2,1-6H3/t24-/m0/s1. The molecule has 2 rings (SSSR count). The van der Waals surface area contributed by atoms with E-state index in [-0.39, 0.29) is 29.2 Å². The van der Waals surface area contributed by atoms with Gasteiger partial charge in [-0.3, -0.25) is 14.4 Å². The van der Waals surface area contributed by atoms with Gasteiger partial charge in [-0.05, 0) is 63.0 Å². The Morgan fingerprint density at radius 1 is 0.816 bits per heavy atom. The lowest BCUT2D eigenvalue weighted by Crippen LogP contribution is -2.24. The third-order valence-corrected chi connectivity index (χ3v) is 7.42. The van der Waals surface area contributed by atoms with E-state index in [9.17, 15) is 14.4 Å². The predicted octanol–water partition coefficient (Wildman–Crippen LogP) is 7.82. The summed E-state index contributed by atoms with van der Waals surface area (Å²) in [6, 6.07) is 8.32. The maximum Gasteiger partial charge on any atom is 0.313 e. The van der Waals surface area contributed by atoms with Crippen molar-refractivity contribution < 1.29 is 23.9 Å². The monoisotopic (exact) mass is 524 g/mol. The second-order valence-corrected chi connectivity index (χ2v) is 10.9. The van der Waals surface area contributed by atoms with Gasteiger partial charge in [-0.25, -0.2) is 0 Å². The fourth-order valence-corrected chi connectivity index (χ4v) is 5.06. The number of ketones is 2. The smallest absolute Gasteiger partial charge is 0.313 e. The maximum absolute atomic E-state index is 12.7. The zero-order valence-electron chi connectivity index (χ0n) is 24.5. The molecule has 1 aromatic rings. The molecule has 0 aliphatic heterocycles. The van der Waals surface area contributed by atoms with E-state index in [4.69, 9.17) is 9.47 Å². The van der Waals surface area contributed by atoms with E-state index in [1.54, 1.807) is 6.92 Å². The second kappa shape index (κ2) is 16.3. The number of carbonyl (C=O) groups is 3. The number of rotatable bonds is 17. The zero-order valence-corrected chi connectivity index (χ0v) is 24.5. The molecule has 1 aliphatic carbocycles. The summed E-state index contributed by atoms with van der Waals surface area (Å²) in [4.78, 5) is 37.7. The second-order valence-electron chi connectivity index (χ2n) is 10.9. The molecule has 0 heterocycles. The van der Waals surface area contributed by atoms with E-state index in [1.165, 1.54) is 12.7 Å². The van der Waals surface area contributed by atoms with Crippen LogP contribution in [0.1, 0.15) is 116 Å². The summed E-state index contributed by atoms with van der Waals surface area (Å²) < 4.78 is 10.8. The largest absolute Gasteiger partial charge is 0.492 e. The summed E-state index contributed by atoms with van der Waals surface area (Å²) in [6.45, 7) is 10.4. The van der Waals surface area contributed by atoms with Crippen molar-refractivity contribution in [2.75, 3.05) is 13.7 Å². The highest BCUT2D eigenvalue weighted by Crippen LogP contribution is 2.30. The predicted molar refractivity (Wildman–Crippen MR) is 153 cm³/mol. The molecule has 0 unspecified atom stereocenters. The van der Waals surface area contributed by atoms with Crippen molar-refractivity contribution in [1.29, 1.82) is 0 Å². The van der Waals surface area contributed by atoms with Crippen molar-refractivity contribution >= 4 is 17.5 Å². The normalized spacial score (nSPS) is 14.9. The minimum absolute atomic E-state index is 0.0464. The number of allylic oxidation sites excluding steroid dienone is 3. The van der Waals surface area contributed by atoms with Crippen molar-refractivity contribution in [3.8, 4) is 0 Å². The first-order chi connectivity index (χ1) is 18.2. The molecule has 1 atom stereocenters. The van der Waals surface area contributed by atoms with Crippen LogP contribution in [0, 0.1) is 5.92 Å². The molecule has 1 aromatic carbocycles. The molecule has 0 amide bonds. The topological polar surface area (TPSA) is 69.7 Å². The number of benzene rings is 1. The number of esters is 1. The molecule has 0 aromatic heterocycles. The van der Waals surface area contributed by atoms with Crippen molar-refractivity contribution in [2.24, 2.45) is 5.92 Å². The molecule has 1 aliphatic rings. The fourth-order valence-electron chi connectivity index (χ4n) is 5.06. The zero-order chi connectivity index (χ0) is 28.1. The number of hydrogen-bond donors (Lipinski definition) is 0. The first-order valence-corrected chi connectivity index (χ1v) is 14.5.